The van der Waals surface area contributed by atoms with Crippen LogP contribution in [0.15, 0.2) is 54.6 Å². The number of hydrogen-bond donors (Lipinski definition) is 1. The summed E-state index contributed by atoms with van der Waals surface area (Å²) in [5.41, 5.74) is 2.63. The fraction of sp³-hybridized carbons (Fsp3) is 0.222. The fourth-order valence-corrected chi connectivity index (χ4v) is 2.77. The lowest BCUT2D eigenvalue weighted by molar-refractivity contribution is -0.105. The average molecular weight is 309 g/mol. The predicted octanol–water partition coefficient (Wildman–Crippen LogP) is 2.22. The molecule has 5 nitrogen and oxygen atoms in total. The summed E-state index contributed by atoms with van der Waals surface area (Å²) in [4.78, 5) is 27.0. The lowest BCUT2D eigenvalue weighted by atomic mass is 10.1. The number of carbonyl (C=O) groups is 2. The zero-order chi connectivity index (χ0) is 16.1. The Hall–Kier alpha value is -2.82. The number of nitrogens with zero attached hydrogens (tertiary/aromatic N) is 2. The molecule has 118 valence electrons. The molecule has 1 aliphatic heterocycles. The van der Waals surface area contributed by atoms with Crippen molar-refractivity contribution in [1.82, 2.24) is 4.90 Å². The number of carbonyl (C=O) groups excluding carboxylic acids is 2. The molecule has 1 heterocycles. The summed E-state index contributed by atoms with van der Waals surface area (Å²) in [6.07, 6.45) is 0.670. The van der Waals surface area contributed by atoms with E-state index in [0.717, 1.165) is 30.0 Å². The van der Waals surface area contributed by atoms with Crippen LogP contribution in [0.4, 0.5) is 11.4 Å². The lowest BCUT2D eigenvalue weighted by Crippen LogP contribution is -2.48. The Morgan fingerprint density at radius 2 is 1.57 bits per heavy atom. The van der Waals surface area contributed by atoms with Gasteiger partial charge in [0.05, 0.1) is 0 Å². The molecule has 23 heavy (non-hydrogen) atoms. The lowest BCUT2D eigenvalue weighted by Gasteiger charge is -2.36. The van der Waals surface area contributed by atoms with Crippen molar-refractivity contribution >= 4 is 23.7 Å². The number of piperazine rings is 1. The highest BCUT2D eigenvalue weighted by Gasteiger charge is 2.22. The summed E-state index contributed by atoms with van der Waals surface area (Å²) in [6, 6.07) is 17.1. The van der Waals surface area contributed by atoms with Crippen molar-refractivity contribution in [2.24, 2.45) is 0 Å². The molecule has 3 rings (SSSR count). The van der Waals surface area contributed by atoms with E-state index < -0.39 is 0 Å². The monoisotopic (exact) mass is 309 g/mol. The van der Waals surface area contributed by atoms with Crippen molar-refractivity contribution in [2.45, 2.75) is 0 Å². The van der Waals surface area contributed by atoms with Gasteiger partial charge in [-0.3, -0.25) is 9.59 Å². The molecule has 0 bridgehead atoms. The van der Waals surface area contributed by atoms with E-state index in [9.17, 15) is 9.59 Å². The SMILES string of the molecule is O=CNc1ccc(N2CCN(C(=O)c3ccccc3)CC2)cc1. The van der Waals surface area contributed by atoms with E-state index in [1.165, 1.54) is 0 Å². The van der Waals surface area contributed by atoms with E-state index in [0.29, 0.717) is 19.5 Å². The molecular formula is C18H19N3O2. The van der Waals surface area contributed by atoms with Gasteiger partial charge in [-0.2, -0.15) is 0 Å². The third-order valence-electron chi connectivity index (χ3n) is 4.05. The molecule has 0 aromatic heterocycles. The van der Waals surface area contributed by atoms with Gasteiger partial charge in [-0.05, 0) is 36.4 Å². The third-order valence-corrected chi connectivity index (χ3v) is 4.05. The summed E-state index contributed by atoms with van der Waals surface area (Å²) in [6.45, 7) is 3.03. The average Bonchev–Trinajstić information content (AvgIpc) is 2.63. The first-order valence-corrected chi connectivity index (χ1v) is 7.67. The summed E-state index contributed by atoms with van der Waals surface area (Å²) < 4.78 is 0. The number of anilines is 2. The van der Waals surface area contributed by atoms with Crippen LogP contribution in [-0.2, 0) is 4.79 Å². The van der Waals surface area contributed by atoms with E-state index in [-0.39, 0.29) is 5.91 Å². The summed E-state index contributed by atoms with van der Waals surface area (Å²) in [5.74, 6) is 0.0933. The Morgan fingerprint density at radius 3 is 2.17 bits per heavy atom. The Balaban J connectivity index is 1.60. The maximum atomic E-state index is 12.4. The highest BCUT2D eigenvalue weighted by atomic mass is 16.2. The van der Waals surface area contributed by atoms with Crippen LogP contribution in [0.3, 0.4) is 0 Å². The minimum Gasteiger partial charge on any atom is -0.368 e. The number of rotatable bonds is 4. The van der Waals surface area contributed by atoms with Gasteiger partial charge in [0.15, 0.2) is 0 Å². The standard InChI is InChI=1S/C18H19N3O2/c22-14-19-16-6-8-17(9-7-16)20-10-12-21(13-11-20)18(23)15-4-2-1-3-5-15/h1-9,14H,10-13H2,(H,19,22). The molecule has 0 aliphatic carbocycles. The van der Waals surface area contributed by atoms with E-state index in [1.54, 1.807) is 0 Å². The van der Waals surface area contributed by atoms with Gasteiger partial charge in [0, 0.05) is 43.1 Å². The summed E-state index contributed by atoms with van der Waals surface area (Å²) in [5, 5.41) is 2.63. The Labute approximate surface area is 135 Å². The number of hydrogen-bond acceptors (Lipinski definition) is 3. The number of benzene rings is 2. The maximum absolute atomic E-state index is 12.4. The van der Waals surface area contributed by atoms with Crippen LogP contribution in [0.5, 0.6) is 0 Å². The van der Waals surface area contributed by atoms with Crippen LogP contribution >= 0.6 is 0 Å². The molecule has 1 fully saturated rings. The Bertz CT molecular complexity index is 662. The maximum Gasteiger partial charge on any atom is 0.253 e. The highest BCUT2D eigenvalue weighted by molar-refractivity contribution is 5.94. The minimum atomic E-state index is 0.0933. The van der Waals surface area contributed by atoms with E-state index in [2.05, 4.69) is 10.2 Å². The molecule has 2 amide bonds. The van der Waals surface area contributed by atoms with Gasteiger partial charge >= 0.3 is 0 Å². The van der Waals surface area contributed by atoms with Crippen LogP contribution in [0, 0.1) is 0 Å². The molecule has 0 unspecified atom stereocenters. The molecule has 2 aromatic rings. The van der Waals surface area contributed by atoms with E-state index in [1.807, 2.05) is 59.5 Å². The zero-order valence-corrected chi connectivity index (χ0v) is 12.8. The van der Waals surface area contributed by atoms with Gasteiger partial charge in [-0.15, -0.1) is 0 Å². The van der Waals surface area contributed by atoms with Gasteiger partial charge in [-0.1, -0.05) is 18.2 Å². The molecule has 0 radical (unpaired) electrons. The second-order valence-corrected chi connectivity index (χ2v) is 5.45. The van der Waals surface area contributed by atoms with E-state index >= 15 is 0 Å². The molecular weight excluding hydrogens is 290 g/mol. The molecule has 1 N–H and O–H groups in total. The first kappa shape index (κ1) is 15.1. The van der Waals surface area contributed by atoms with Gasteiger partial charge in [0.1, 0.15) is 0 Å². The Kier molecular flexibility index (Phi) is 4.57. The molecule has 5 heteroatoms. The van der Waals surface area contributed by atoms with Crippen molar-refractivity contribution in [3.05, 3.63) is 60.2 Å². The highest BCUT2D eigenvalue weighted by Crippen LogP contribution is 2.20. The minimum absolute atomic E-state index is 0.0933. The number of nitrogens with one attached hydrogen (secondary N) is 1. The first-order chi connectivity index (χ1) is 11.3. The second-order valence-electron chi connectivity index (χ2n) is 5.45. The van der Waals surface area contributed by atoms with Gasteiger partial charge in [0.2, 0.25) is 6.41 Å². The smallest absolute Gasteiger partial charge is 0.253 e. The third kappa shape index (κ3) is 3.51. The fourth-order valence-electron chi connectivity index (χ4n) is 2.77. The number of amides is 2. The molecule has 1 saturated heterocycles. The quantitative estimate of drug-likeness (QED) is 0.881. The normalized spacial score (nSPS) is 14.4. The Morgan fingerprint density at radius 1 is 0.913 bits per heavy atom. The summed E-state index contributed by atoms with van der Waals surface area (Å²) >= 11 is 0. The second kappa shape index (κ2) is 6.96. The topological polar surface area (TPSA) is 52.7 Å². The van der Waals surface area contributed by atoms with E-state index in [4.69, 9.17) is 0 Å². The van der Waals surface area contributed by atoms with Crippen LogP contribution in [-0.4, -0.2) is 43.4 Å². The predicted molar refractivity (Wildman–Crippen MR) is 90.7 cm³/mol. The summed E-state index contributed by atoms with van der Waals surface area (Å²) in [7, 11) is 0. The van der Waals surface area contributed by atoms with Crippen molar-refractivity contribution < 1.29 is 9.59 Å². The van der Waals surface area contributed by atoms with Gasteiger partial charge in [0.25, 0.3) is 5.91 Å². The zero-order valence-electron chi connectivity index (χ0n) is 12.8. The van der Waals surface area contributed by atoms with Gasteiger partial charge in [-0.25, -0.2) is 0 Å². The molecule has 0 saturated carbocycles. The van der Waals surface area contributed by atoms with Gasteiger partial charge < -0.3 is 15.1 Å². The van der Waals surface area contributed by atoms with Crippen LogP contribution in [0.1, 0.15) is 10.4 Å². The largest absolute Gasteiger partial charge is 0.368 e. The van der Waals surface area contributed by atoms with Crippen LogP contribution < -0.4 is 10.2 Å². The molecule has 2 aromatic carbocycles. The molecule has 0 atom stereocenters. The van der Waals surface area contributed by atoms with Crippen molar-refractivity contribution in [2.75, 3.05) is 36.4 Å². The van der Waals surface area contributed by atoms with Crippen LogP contribution in [0.2, 0.25) is 0 Å². The van der Waals surface area contributed by atoms with Crippen molar-refractivity contribution in [1.29, 1.82) is 0 Å². The van der Waals surface area contributed by atoms with Crippen LogP contribution in [0.25, 0.3) is 0 Å². The molecule has 0 spiro atoms. The molecule has 1 aliphatic rings. The first-order valence-electron chi connectivity index (χ1n) is 7.67. The van der Waals surface area contributed by atoms with Crippen molar-refractivity contribution in [3.8, 4) is 0 Å². The van der Waals surface area contributed by atoms with Crippen molar-refractivity contribution in [3.63, 3.8) is 0 Å².